The van der Waals surface area contributed by atoms with E-state index in [-0.39, 0.29) is 25.7 Å². The highest BCUT2D eigenvalue weighted by atomic mass is 31.2. The van der Waals surface area contributed by atoms with Crippen molar-refractivity contribution in [3.05, 3.63) is 0 Å². The van der Waals surface area contributed by atoms with Crippen LogP contribution in [0.25, 0.3) is 0 Å². The molecule has 0 bridgehead atoms. The van der Waals surface area contributed by atoms with Crippen LogP contribution < -0.4 is 0 Å². The zero-order chi connectivity index (χ0) is 79.7. The number of esters is 4. The molecule has 19 heteroatoms. The van der Waals surface area contributed by atoms with Crippen molar-refractivity contribution in [1.82, 2.24) is 0 Å². The Morgan fingerprint density at radius 2 is 0.422 bits per heavy atom. The molecule has 0 aliphatic rings. The van der Waals surface area contributed by atoms with E-state index in [2.05, 4.69) is 34.6 Å². The molecule has 0 amide bonds. The lowest BCUT2D eigenvalue weighted by molar-refractivity contribution is -0.161. The van der Waals surface area contributed by atoms with Crippen LogP contribution in [0.4, 0.5) is 0 Å². The molecule has 2 unspecified atom stereocenters. The van der Waals surface area contributed by atoms with Crippen LogP contribution in [0.5, 0.6) is 0 Å². The Labute approximate surface area is 670 Å². The number of ether oxygens (including phenoxy) is 4. The summed E-state index contributed by atoms with van der Waals surface area (Å²) in [6.45, 7) is 7.39. The fraction of sp³-hybridized carbons (Fsp3) is 0.956. The van der Waals surface area contributed by atoms with Gasteiger partial charge in [-0.25, -0.2) is 9.13 Å². The molecule has 0 aliphatic carbocycles. The average molecular weight is 1590 g/mol. The van der Waals surface area contributed by atoms with Crippen molar-refractivity contribution < 1.29 is 80.2 Å². The third-order valence-corrected chi connectivity index (χ3v) is 23.2. The third kappa shape index (κ3) is 83.8. The van der Waals surface area contributed by atoms with Gasteiger partial charge in [0.15, 0.2) is 12.2 Å². The summed E-state index contributed by atoms with van der Waals surface area (Å²) in [5.74, 6) is -1.32. The van der Waals surface area contributed by atoms with E-state index in [0.717, 1.165) is 95.8 Å². The smallest absolute Gasteiger partial charge is 0.462 e. The standard InChI is InChI=1S/C90H176O17P2/c1-6-9-12-15-18-21-24-27-29-31-33-35-36-38-40-42-44-50-55-60-65-70-75-89(94)106-86(80-101-88(93)74-69-64-59-54-49-43-41-39-37-34-32-30-28-25-22-19-16-13-10-7-2)82-105-109(98,99)103-78-84(91)77-102-108(96,97)104-81-85(79-100-87(92)73-68-63-58-53-48-26-23-20-17-14-11-8-3)107-90(95)76-71-66-61-56-51-46-45-47-52-57-62-67-72-83(4)5/h83-86,91H,6-82H2,1-5H3,(H,96,97)(H,98,99)/t84-,85+,86+/m0/s1. The number of phosphoric acid groups is 2. The highest BCUT2D eigenvalue weighted by molar-refractivity contribution is 7.47. The van der Waals surface area contributed by atoms with Crippen LogP contribution in [0, 0.1) is 5.92 Å². The average Bonchev–Trinajstić information content (AvgIpc) is 0.899. The molecular weight excluding hydrogens is 1410 g/mol. The Bertz CT molecular complexity index is 2070. The molecule has 17 nitrogen and oxygen atoms in total. The molecule has 0 fully saturated rings. The summed E-state index contributed by atoms with van der Waals surface area (Å²) in [7, 11) is -9.93. The summed E-state index contributed by atoms with van der Waals surface area (Å²) >= 11 is 0. The van der Waals surface area contributed by atoms with E-state index in [4.69, 9.17) is 37.0 Å². The molecule has 109 heavy (non-hydrogen) atoms. The molecular formula is C90H176O17P2. The highest BCUT2D eigenvalue weighted by Gasteiger charge is 2.31. The number of carbonyl (C=O) groups is 4. The number of hydrogen-bond acceptors (Lipinski definition) is 15. The van der Waals surface area contributed by atoms with Gasteiger partial charge in [0.05, 0.1) is 26.4 Å². The van der Waals surface area contributed by atoms with E-state index >= 15 is 0 Å². The minimum absolute atomic E-state index is 0.108. The van der Waals surface area contributed by atoms with Gasteiger partial charge in [-0.1, -0.05) is 439 Å². The summed E-state index contributed by atoms with van der Waals surface area (Å²) in [4.78, 5) is 73.4. The van der Waals surface area contributed by atoms with Crippen LogP contribution >= 0.6 is 15.6 Å². The van der Waals surface area contributed by atoms with E-state index in [9.17, 15) is 43.2 Å². The molecule has 0 heterocycles. The molecule has 0 spiro atoms. The van der Waals surface area contributed by atoms with Gasteiger partial charge in [-0.15, -0.1) is 0 Å². The second kappa shape index (κ2) is 82.6. The molecule has 648 valence electrons. The fourth-order valence-corrected chi connectivity index (χ4v) is 15.8. The predicted octanol–water partition coefficient (Wildman–Crippen LogP) is 27.9. The quantitative estimate of drug-likeness (QED) is 0.0222. The first-order valence-corrected chi connectivity index (χ1v) is 49.6. The summed E-state index contributed by atoms with van der Waals surface area (Å²) < 4.78 is 69.0. The number of aliphatic hydroxyl groups is 1. The van der Waals surface area contributed by atoms with Crippen molar-refractivity contribution in [1.29, 1.82) is 0 Å². The Hall–Kier alpha value is -1.94. The van der Waals surface area contributed by atoms with Gasteiger partial charge in [-0.2, -0.15) is 0 Å². The largest absolute Gasteiger partial charge is 0.472 e. The number of unbranched alkanes of at least 4 members (excludes halogenated alkanes) is 62. The van der Waals surface area contributed by atoms with Gasteiger partial charge in [0, 0.05) is 25.7 Å². The Morgan fingerprint density at radius 1 is 0.248 bits per heavy atom. The number of aliphatic hydroxyl groups excluding tert-OH is 1. The molecule has 3 N–H and O–H groups in total. The first kappa shape index (κ1) is 107. The molecule has 0 rings (SSSR count). The van der Waals surface area contributed by atoms with Gasteiger partial charge in [-0.3, -0.25) is 37.3 Å². The lowest BCUT2D eigenvalue weighted by atomic mass is 10.0. The number of hydrogen-bond donors (Lipinski definition) is 3. The Kier molecular flexibility index (Phi) is 81.1. The molecule has 0 aromatic heterocycles. The minimum Gasteiger partial charge on any atom is -0.462 e. The number of carbonyl (C=O) groups excluding carboxylic acids is 4. The zero-order valence-electron chi connectivity index (χ0n) is 71.7. The highest BCUT2D eigenvalue weighted by Crippen LogP contribution is 2.45. The number of phosphoric ester groups is 2. The molecule has 0 aromatic carbocycles. The van der Waals surface area contributed by atoms with Crippen LogP contribution in [0.1, 0.15) is 490 Å². The first-order chi connectivity index (χ1) is 53.0. The second-order valence-corrected chi connectivity index (χ2v) is 35.7. The molecule has 0 radical (unpaired) electrons. The molecule has 5 atom stereocenters. The van der Waals surface area contributed by atoms with Crippen molar-refractivity contribution in [3.63, 3.8) is 0 Å². The van der Waals surface area contributed by atoms with Crippen LogP contribution in [0.2, 0.25) is 0 Å². The van der Waals surface area contributed by atoms with Gasteiger partial charge in [0.2, 0.25) is 0 Å². The van der Waals surface area contributed by atoms with Crippen molar-refractivity contribution >= 4 is 39.5 Å². The fourth-order valence-electron chi connectivity index (χ4n) is 14.2. The monoisotopic (exact) mass is 1590 g/mol. The maximum Gasteiger partial charge on any atom is 0.472 e. The summed E-state index contributed by atoms with van der Waals surface area (Å²) in [6, 6.07) is 0. The topological polar surface area (TPSA) is 237 Å². The summed E-state index contributed by atoms with van der Waals surface area (Å²) in [5.41, 5.74) is 0. The van der Waals surface area contributed by atoms with Crippen LogP contribution in [-0.2, 0) is 65.4 Å². The van der Waals surface area contributed by atoms with Crippen LogP contribution in [-0.4, -0.2) is 96.7 Å². The van der Waals surface area contributed by atoms with Crippen molar-refractivity contribution in [2.24, 2.45) is 5.92 Å². The first-order valence-electron chi connectivity index (χ1n) is 46.6. The number of rotatable bonds is 90. The predicted molar refractivity (Wildman–Crippen MR) is 451 cm³/mol. The van der Waals surface area contributed by atoms with E-state index in [1.165, 1.54) is 315 Å². The minimum atomic E-state index is -4.97. The normalized spacial score (nSPS) is 13.7. The second-order valence-electron chi connectivity index (χ2n) is 32.8. The maximum atomic E-state index is 13.2. The lowest BCUT2D eigenvalue weighted by Gasteiger charge is -2.21. The van der Waals surface area contributed by atoms with Gasteiger partial charge in [0.25, 0.3) is 0 Å². The maximum absolute atomic E-state index is 13.2. The molecule has 0 saturated carbocycles. The van der Waals surface area contributed by atoms with Crippen LogP contribution in [0.3, 0.4) is 0 Å². The van der Waals surface area contributed by atoms with E-state index in [1.807, 2.05) is 0 Å². The summed E-state index contributed by atoms with van der Waals surface area (Å²) in [5, 5.41) is 10.7. The zero-order valence-corrected chi connectivity index (χ0v) is 73.5. The third-order valence-electron chi connectivity index (χ3n) is 21.3. The van der Waals surface area contributed by atoms with Crippen molar-refractivity contribution in [2.75, 3.05) is 39.6 Å². The lowest BCUT2D eigenvalue weighted by Crippen LogP contribution is -2.30. The van der Waals surface area contributed by atoms with Gasteiger partial charge in [0.1, 0.15) is 19.3 Å². The van der Waals surface area contributed by atoms with E-state index < -0.39 is 97.5 Å². The SMILES string of the molecule is CCCCCCCCCCCCCCCCCCCCCCCCC(=O)O[C@H](COC(=O)CCCCCCCCCCCCCCCCCCCCCC)COP(=O)(O)OC[C@@H](O)COP(=O)(O)OC[C@@H](COC(=O)CCCCCCCCCCCCCC)OC(=O)CCCCCCCCCCCCCCC(C)C. The van der Waals surface area contributed by atoms with Gasteiger partial charge < -0.3 is 33.8 Å². The Balaban J connectivity index is 5.23. The van der Waals surface area contributed by atoms with Gasteiger partial charge >= 0.3 is 39.5 Å². The summed E-state index contributed by atoms with van der Waals surface area (Å²) in [6.07, 6.45) is 77.9. The molecule has 0 aromatic rings. The van der Waals surface area contributed by atoms with E-state index in [1.54, 1.807) is 0 Å². The Morgan fingerprint density at radius 3 is 0.624 bits per heavy atom. The molecule has 0 aliphatic heterocycles. The molecule has 0 saturated heterocycles. The van der Waals surface area contributed by atoms with E-state index in [0.29, 0.717) is 25.7 Å². The van der Waals surface area contributed by atoms with Crippen LogP contribution in [0.15, 0.2) is 0 Å². The van der Waals surface area contributed by atoms with Crippen molar-refractivity contribution in [3.8, 4) is 0 Å². The van der Waals surface area contributed by atoms with Gasteiger partial charge in [-0.05, 0) is 31.6 Å². The van der Waals surface area contributed by atoms with Crippen molar-refractivity contribution in [2.45, 2.75) is 509 Å².